The topological polar surface area (TPSA) is 113 Å². The molecule has 0 spiro atoms. The van der Waals surface area contributed by atoms with Gasteiger partial charge in [0, 0.05) is 19.5 Å². The number of fused-ring (bicyclic) bond motifs is 1. The van der Waals surface area contributed by atoms with Crippen LogP contribution < -0.4 is 10.1 Å². The molecule has 210 valence electrons. The Morgan fingerprint density at radius 3 is 2.30 bits per heavy atom. The van der Waals surface area contributed by atoms with Crippen molar-refractivity contribution in [3.05, 3.63) is 95.6 Å². The lowest BCUT2D eigenvalue weighted by molar-refractivity contribution is -0.141. The molecule has 3 amide bonds. The lowest BCUT2D eigenvalue weighted by Crippen LogP contribution is -2.53. The fourth-order valence-corrected chi connectivity index (χ4v) is 6.06. The molecule has 10 heteroatoms. The van der Waals surface area contributed by atoms with E-state index in [9.17, 15) is 22.8 Å². The molecule has 0 saturated carbocycles. The number of hydrogen-bond acceptors (Lipinski definition) is 6. The molecule has 1 heterocycles. The van der Waals surface area contributed by atoms with E-state index in [1.54, 1.807) is 30.3 Å². The van der Waals surface area contributed by atoms with Crippen molar-refractivity contribution in [2.75, 3.05) is 20.2 Å². The molecule has 0 fully saturated rings. The van der Waals surface area contributed by atoms with Gasteiger partial charge in [0.1, 0.15) is 23.2 Å². The summed E-state index contributed by atoms with van der Waals surface area (Å²) in [4.78, 5) is 41.8. The van der Waals surface area contributed by atoms with E-state index in [0.29, 0.717) is 22.2 Å². The third kappa shape index (κ3) is 6.34. The van der Waals surface area contributed by atoms with Gasteiger partial charge in [0.05, 0.1) is 12.7 Å². The summed E-state index contributed by atoms with van der Waals surface area (Å²) in [6.45, 7) is 3.60. The molecule has 0 unspecified atom stereocenters. The summed E-state index contributed by atoms with van der Waals surface area (Å²) >= 11 is 0. The van der Waals surface area contributed by atoms with Crippen LogP contribution in [0.2, 0.25) is 0 Å². The van der Waals surface area contributed by atoms with Crippen LogP contribution in [0.25, 0.3) is 0 Å². The van der Waals surface area contributed by atoms with Crippen molar-refractivity contribution in [1.29, 1.82) is 0 Å². The minimum atomic E-state index is -4.22. The summed E-state index contributed by atoms with van der Waals surface area (Å²) in [6.07, 6.45) is 0.196. The number of sulfonamides is 1. The molecule has 1 aliphatic rings. The molecule has 0 bridgehead atoms. The van der Waals surface area contributed by atoms with Gasteiger partial charge in [-0.3, -0.25) is 14.4 Å². The molecule has 0 radical (unpaired) electrons. The van der Waals surface area contributed by atoms with Gasteiger partial charge in [-0.2, -0.15) is 0 Å². The Morgan fingerprint density at radius 1 is 0.950 bits per heavy atom. The minimum Gasteiger partial charge on any atom is -0.497 e. The van der Waals surface area contributed by atoms with E-state index in [1.807, 2.05) is 44.2 Å². The lowest BCUT2D eigenvalue weighted by atomic mass is 10.0. The van der Waals surface area contributed by atoms with E-state index in [4.69, 9.17) is 4.74 Å². The van der Waals surface area contributed by atoms with E-state index in [2.05, 4.69) is 5.32 Å². The number of methoxy groups -OCH3 is 1. The Bertz CT molecular complexity index is 1490. The summed E-state index contributed by atoms with van der Waals surface area (Å²) in [5.41, 5.74) is 1.53. The quantitative estimate of drug-likeness (QED) is 0.383. The smallest absolute Gasteiger partial charge is 0.269 e. The highest BCUT2D eigenvalue weighted by atomic mass is 32.2. The van der Waals surface area contributed by atoms with Gasteiger partial charge in [0.15, 0.2) is 0 Å². The first-order valence-corrected chi connectivity index (χ1v) is 14.5. The SMILES string of the molecule is COc1cccc(CN(C(=O)CN2C(=O)c3ccccc3S2(=O)=O)[C@@H](Cc2ccccc2)C(=O)NCC(C)C)c1. The van der Waals surface area contributed by atoms with Crippen LogP contribution in [0.3, 0.4) is 0 Å². The van der Waals surface area contributed by atoms with Gasteiger partial charge in [-0.15, -0.1) is 0 Å². The predicted molar refractivity (Wildman–Crippen MR) is 150 cm³/mol. The minimum absolute atomic E-state index is 0.00232. The largest absolute Gasteiger partial charge is 0.497 e. The lowest BCUT2D eigenvalue weighted by Gasteiger charge is -2.32. The van der Waals surface area contributed by atoms with Crippen LogP contribution in [0.15, 0.2) is 83.8 Å². The van der Waals surface area contributed by atoms with Crippen LogP contribution in [-0.2, 0) is 32.6 Å². The Hall–Kier alpha value is -4.18. The summed E-state index contributed by atoms with van der Waals surface area (Å²) in [7, 11) is -2.69. The zero-order valence-electron chi connectivity index (χ0n) is 22.7. The standard InChI is InChI=1S/C30H33N3O6S/c1-21(2)18-31-29(35)26(17-22-10-5-4-6-11-22)32(19-23-12-9-13-24(16-23)39-3)28(34)20-33-30(36)25-14-7-8-15-27(25)40(33,37)38/h4-16,21,26H,17-20H2,1-3H3,(H,31,35)/t26-/m0/s1. The first-order valence-electron chi connectivity index (χ1n) is 13.0. The first-order chi connectivity index (χ1) is 19.1. The highest BCUT2D eigenvalue weighted by Gasteiger charge is 2.43. The zero-order chi connectivity index (χ0) is 28.9. The molecule has 0 aromatic heterocycles. The number of nitrogens with one attached hydrogen (secondary N) is 1. The second-order valence-electron chi connectivity index (χ2n) is 10.0. The third-order valence-electron chi connectivity index (χ3n) is 6.63. The molecule has 1 aliphatic heterocycles. The first kappa shape index (κ1) is 28.8. The van der Waals surface area contributed by atoms with Crippen molar-refractivity contribution in [3.63, 3.8) is 0 Å². The summed E-state index contributed by atoms with van der Waals surface area (Å²) < 4.78 is 32.3. The number of rotatable bonds is 11. The van der Waals surface area contributed by atoms with E-state index in [1.165, 1.54) is 30.2 Å². The number of carbonyl (C=O) groups is 3. The fourth-order valence-electron chi connectivity index (χ4n) is 4.54. The Kier molecular flexibility index (Phi) is 8.89. The molecule has 4 rings (SSSR count). The highest BCUT2D eigenvalue weighted by molar-refractivity contribution is 7.90. The van der Waals surface area contributed by atoms with E-state index >= 15 is 0 Å². The Morgan fingerprint density at radius 2 is 1.62 bits per heavy atom. The zero-order valence-corrected chi connectivity index (χ0v) is 23.6. The maximum Gasteiger partial charge on any atom is 0.269 e. The molecular weight excluding hydrogens is 530 g/mol. The van der Waals surface area contributed by atoms with E-state index in [0.717, 1.165) is 5.56 Å². The number of hydrogen-bond donors (Lipinski definition) is 1. The van der Waals surface area contributed by atoms with Crippen LogP contribution >= 0.6 is 0 Å². The molecule has 9 nitrogen and oxygen atoms in total. The monoisotopic (exact) mass is 563 g/mol. The predicted octanol–water partition coefficient (Wildman–Crippen LogP) is 3.25. The van der Waals surface area contributed by atoms with Gasteiger partial charge in [-0.25, -0.2) is 12.7 Å². The van der Waals surface area contributed by atoms with Gasteiger partial charge in [0.25, 0.3) is 15.9 Å². The van der Waals surface area contributed by atoms with E-state index in [-0.39, 0.29) is 35.2 Å². The molecule has 0 saturated heterocycles. The van der Waals surface area contributed by atoms with Gasteiger partial charge >= 0.3 is 0 Å². The van der Waals surface area contributed by atoms with Crippen LogP contribution in [0.1, 0.15) is 35.3 Å². The number of ether oxygens (including phenoxy) is 1. The molecule has 1 N–H and O–H groups in total. The number of nitrogens with zero attached hydrogens (tertiary/aromatic N) is 2. The second kappa shape index (κ2) is 12.3. The molecule has 3 aromatic carbocycles. The van der Waals surface area contributed by atoms with Crippen molar-refractivity contribution in [1.82, 2.24) is 14.5 Å². The van der Waals surface area contributed by atoms with E-state index < -0.39 is 34.4 Å². The van der Waals surface area contributed by atoms with Crippen molar-refractivity contribution in [2.45, 2.75) is 37.8 Å². The Balaban J connectivity index is 1.72. The second-order valence-corrected chi connectivity index (χ2v) is 11.9. The molecule has 3 aromatic rings. The summed E-state index contributed by atoms with van der Waals surface area (Å²) in [6, 6.07) is 21.3. The van der Waals surface area contributed by atoms with Gasteiger partial charge in [-0.1, -0.05) is 68.4 Å². The molecule has 1 atom stereocenters. The van der Waals surface area contributed by atoms with Crippen molar-refractivity contribution < 1.29 is 27.5 Å². The molecular formula is C30H33N3O6S. The van der Waals surface area contributed by atoms with Crippen LogP contribution in [0.5, 0.6) is 5.75 Å². The maximum absolute atomic E-state index is 14.0. The van der Waals surface area contributed by atoms with Crippen molar-refractivity contribution >= 4 is 27.7 Å². The molecule has 40 heavy (non-hydrogen) atoms. The average Bonchev–Trinajstić information content (AvgIpc) is 3.14. The van der Waals surface area contributed by atoms with Gasteiger partial charge < -0.3 is 15.0 Å². The number of amides is 3. The summed E-state index contributed by atoms with van der Waals surface area (Å²) in [5, 5.41) is 2.92. The normalized spacial score (nSPS) is 14.5. The van der Waals surface area contributed by atoms with Crippen LogP contribution in [0, 0.1) is 5.92 Å². The van der Waals surface area contributed by atoms with Crippen LogP contribution in [0.4, 0.5) is 0 Å². The van der Waals surface area contributed by atoms with Crippen molar-refractivity contribution in [2.24, 2.45) is 5.92 Å². The van der Waals surface area contributed by atoms with Crippen molar-refractivity contribution in [3.8, 4) is 5.75 Å². The third-order valence-corrected chi connectivity index (χ3v) is 8.42. The van der Waals surface area contributed by atoms with Gasteiger partial charge in [-0.05, 0) is 41.3 Å². The highest BCUT2D eigenvalue weighted by Crippen LogP contribution is 2.30. The van der Waals surface area contributed by atoms with Gasteiger partial charge in [0.2, 0.25) is 11.8 Å². The Labute approximate surface area is 234 Å². The summed E-state index contributed by atoms with van der Waals surface area (Å²) in [5.74, 6) is -1.06. The number of carbonyl (C=O) groups excluding carboxylic acids is 3. The number of benzene rings is 3. The fraction of sp³-hybridized carbons (Fsp3) is 0.300. The maximum atomic E-state index is 14.0. The molecule has 0 aliphatic carbocycles. The van der Waals surface area contributed by atoms with Crippen LogP contribution in [-0.4, -0.2) is 61.6 Å². The average molecular weight is 564 g/mol.